The van der Waals surface area contributed by atoms with Gasteiger partial charge >= 0.3 is 0 Å². The van der Waals surface area contributed by atoms with E-state index in [2.05, 4.69) is 31.9 Å². The number of nitrogens with zero attached hydrogens (tertiary/aromatic N) is 1. The molecule has 4 heteroatoms. The fraction of sp³-hybridized carbons (Fsp3) is 0.200. The zero-order valence-electron chi connectivity index (χ0n) is 7.26. The fourth-order valence-corrected chi connectivity index (χ4v) is 1.99. The number of alkyl halides is 1. The predicted octanol–water partition coefficient (Wildman–Crippen LogP) is 3.29. The molecule has 0 N–H and O–H groups in total. The highest BCUT2D eigenvalue weighted by molar-refractivity contribution is 9.10. The lowest BCUT2D eigenvalue weighted by Gasteiger charge is -2.02. The third-order valence-electron chi connectivity index (χ3n) is 1.74. The first-order valence-corrected chi connectivity index (χ1v) is 5.90. The van der Waals surface area contributed by atoms with Gasteiger partial charge in [0.1, 0.15) is 6.07 Å². The Bertz CT molecular complexity index is 396. The zero-order chi connectivity index (χ0) is 10.6. The lowest BCUT2D eigenvalue weighted by molar-refractivity contribution is 0.0989. The van der Waals surface area contributed by atoms with Gasteiger partial charge in [0.05, 0.1) is 5.56 Å². The van der Waals surface area contributed by atoms with Crippen molar-refractivity contribution in [2.75, 3.05) is 5.33 Å². The van der Waals surface area contributed by atoms with Crippen molar-refractivity contribution < 1.29 is 4.79 Å². The van der Waals surface area contributed by atoms with Crippen molar-refractivity contribution in [1.29, 1.82) is 5.26 Å². The van der Waals surface area contributed by atoms with Crippen molar-refractivity contribution >= 4 is 37.6 Å². The van der Waals surface area contributed by atoms with Gasteiger partial charge < -0.3 is 0 Å². The molecule has 0 saturated heterocycles. The highest BCUT2D eigenvalue weighted by Crippen LogP contribution is 2.22. The number of hydrogen-bond donors (Lipinski definition) is 0. The van der Waals surface area contributed by atoms with Crippen LogP contribution in [-0.4, -0.2) is 11.1 Å². The number of carbonyl (C=O) groups is 1. The van der Waals surface area contributed by atoms with Gasteiger partial charge in [-0.1, -0.05) is 28.1 Å². The molecule has 0 spiro atoms. The van der Waals surface area contributed by atoms with E-state index in [0.717, 1.165) is 0 Å². The first kappa shape index (κ1) is 11.4. The quantitative estimate of drug-likeness (QED) is 0.634. The summed E-state index contributed by atoms with van der Waals surface area (Å²) in [6.07, 6.45) is 0.438. The molecule has 0 amide bonds. The predicted molar refractivity (Wildman–Crippen MR) is 61.6 cm³/mol. The van der Waals surface area contributed by atoms with Crippen LogP contribution < -0.4 is 0 Å². The molecule has 72 valence electrons. The summed E-state index contributed by atoms with van der Waals surface area (Å²) >= 11 is 6.46. The highest BCUT2D eigenvalue weighted by atomic mass is 79.9. The Kier molecular flexibility index (Phi) is 4.30. The molecule has 1 aromatic rings. The Morgan fingerprint density at radius 1 is 1.50 bits per heavy atom. The van der Waals surface area contributed by atoms with Gasteiger partial charge in [0.25, 0.3) is 0 Å². The molecule has 0 aliphatic carbocycles. The average molecular weight is 317 g/mol. The molecule has 0 radical (unpaired) electrons. The average Bonchev–Trinajstić information content (AvgIpc) is 2.18. The van der Waals surface area contributed by atoms with Gasteiger partial charge in [-0.25, -0.2) is 0 Å². The summed E-state index contributed by atoms with van der Waals surface area (Å²) in [6.45, 7) is 0. The molecule has 0 fully saturated rings. The van der Waals surface area contributed by atoms with Crippen LogP contribution >= 0.6 is 31.9 Å². The molecule has 0 aliphatic rings. The molecular weight excluding hydrogens is 310 g/mol. The van der Waals surface area contributed by atoms with E-state index in [9.17, 15) is 4.79 Å². The first-order chi connectivity index (χ1) is 6.70. The second-order valence-electron chi connectivity index (χ2n) is 2.64. The summed E-state index contributed by atoms with van der Waals surface area (Å²) in [6, 6.07) is 7.13. The van der Waals surface area contributed by atoms with Crippen LogP contribution in [0.3, 0.4) is 0 Å². The van der Waals surface area contributed by atoms with Crippen LogP contribution in [0.25, 0.3) is 0 Å². The molecule has 0 unspecified atom stereocenters. The smallest absolute Gasteiger partial charge is 0.164 e. The first-order valence-electron chi connectivity index (χ1n) is 3.98. The van der Waals surface area contributed by atoms with Crippen LogP contribution in [-0.2, 0) is 0 Å². The van der Waals surface area contributed by atoms with Crippen LogP contribution in [0.5, 0.6) is 0 Å². The summed E-state index contributed by atoms with van der Waals surface area (Å²) in [5, 5.41) is 9.39. The Labute approximate surface area is 99.2 Å². The van der Waals surface area contributed by atoms with Crippen LogP contribution in [0.1, 0.15) is 22.3 Å². The fourth-order valence-electron chi connectivity index (χ4n) is 1.05. The molecule has 14 heavy (non-hydrogen) atoms. The minimum Gasteiger partial charge on any atom is -0.294 e. The van der Waals surface area contributed by atoms with E-state index < -0.39 is 0 Å². The molecule has 2 nitrogen and oxygen atoms in total. The molecule has 0 aromatic heterocycles. The van der Waals surface area contributed by atoms with Gasteiger partial charge in [0.15, 0.2) is 5.78 Å². The van der Waals surface area contributed by atoms with Crippen LogP contribution in [0.4, 0.5) is 0 Å². The molecule has 1 aromatic carbocycles. The van der Waals surface area contributed by atoms with Crippen LogP contribution in [0.2, 0.25) is 0 Å². The molecular formula is C10H7Br2NO. The monoisotopic (exact) mass is 315 g/mol. The van der Waals surface area contributed by atoms with E-state index in [-0.39, 0.29) is 5.78 Å². The van der Waals surface area contributed by atoms with Gasteiger partial charge in [-0.15, -0.1) is 0 Å². The normalized spacial score (nSPS) is 9.50. The maximum Gasteiger partial charge on any atom is 0.164 e. The van der Waals surface area contributed by atoms with Gasteiger partial charge in [0.2, 0.25) is 0 Å². The van der Waals surface area contributed by atoms with E-state index in [1.807, 2.05) is 6.07 Å². The Morgan fingerprint density at radius 2 is 2.21 bits per heavy atom. The van der Waals surface area contributed by atoms with E-state index >= 15 is 0 Å². The molecule has 1 rings (SSSR count). The third kappa shape index (κ3) is 2.43. The van der Waals surface area contributed by atoms with Gasteiger partial charge in [-0.3, -0.25) is 4.79 Å². The van der Waals surface area contributed by atoms with Crippen molar-refractivity contribution in [3.8, 4) is 6.07 Å². The zero-order valence-corrected chi connectivity index (χ0v) is 10.4. The maximum atomic E-state index is 11.6. The number of hydrogen-bond acceptors (Lipinski definition) is 2. The topological polar surface area (TPSA) is 40.9 Å². The van der Waals surface area contributed by atoms with Crippen molar-refractivity contribution in [3.05, 3.63) is 33.8 Å². The Morgan fingerprint density at radius 3 is 2.79 bits per heavy atom. The number of benzene rings is 1. The summed E-state index contributed by atoms with van der Waals surface area (Å²) in [7, 11) is 0. The highest BCUT2D eigenvalue weighted by Gasteiger charge is 2.11. The van der Waals surface area contributed by atoms with Crippen molar-refractivity contribution in [2.45, 2.75) is 6.42 Å². The molecule has 0 heterocycles. The number of carbonyl (C=O) groups excluding carboxylic acids is 1. The van der Waals surface area contributed by atoms with Crippen LogP contribution in [0, 0.1) is 11.3 Å². The number of Topliss-reactive ketones (excluding diaryl/α,β-unsaturated/α-hetero) is 1. The number of halogens is 2. The third-order valence-corrected chi connectivity index (χ3v) is 2.99. The second kappa shape index (κ2) is 5.28. The summed E-state index contributed by atoms with van der Waals surface area (Å²) in [5.74, 6) is 0.0332. The minimum absolute atomic E-state index is 0.0332. The Hall–Kier alpha value is -0.660. The van der Waals surface area contributed by atoms with Gasteiger partial charge in [-0.05, 0) is 22.0 Å². The van der Waals surface area contributed by atoms with Crippen LogP contribution in [0.15, 0.2) is 22.7 Å². The molecule has 0 atom stereocenters. The second-order valence-corrected chi connectivity index (χ2v) is 4.23. The minimum atomic E-state index is 0.0332. The Balaban J connectivity index is 3.11. The van der Waals surface area contributed by atoms with Crippen molar-refractivity contribution in [1.82, 2.24) is 0 Å². The van der Waals surface area contributed by atoms with E-state index in [0.29, 0.717) is 27.4 Å². The summed E-state index contributed by atoms with van der Waals surface area (Å²) < 4.78 is 0.591. The standard InChI is InChI=1S/C10H7Br2NO/c11-5-4-9(14)8-3-1-2-7(6-13)10(8)12/h1-3H,4-5H2. The molecule has 0 aliphatic heterocycles. The SMILES string of the molecule is N#Cc1cccc(C(=O)CCBr)c1Br. The summed E-state index contributed by atoms with van der Waals surface area (Å²) in [5.41, 5.74) is 1.06. The number of rotatable bonds is 3. The molecule has 0 saturated carbocycles. The van der Waals surface area contributed by atoms with Gasteiger partial charge in [-0.2, -0.15) is 5.26 Å². The molecule has 0 bridgehead atoms. The lowest BCUT2D eigenvalue weighted by Crippen LogP contribution is -2.01. The number of nitriles is 1. The van der Waals surface area contributed by atoms with E-state index in [1.54, 1.807) is 18.2 Å². The summed E-state index contributed by atoms with van der Waals surface area (Å²) in [4.78, 5) is 11.6. The maximum absolute atomic E-state index is 11.6. The number of ketones is 1. The van der Waals surface area contributed by atoms with E-state index in [4.69, 9.17) is 5.26 Å². The van der Waals surface area contributed by atoms with Crippen molar-refractivity contribution in [3.63, 3.8) is 0 Å². The van der Waals surface area contributed by atoms with E-state index in [1.165, 1.54) is 0 Å². The lowest BCUT2D eigenvalue weighted by atomic mass is 10.1. The van der Waals surface area contributed by atoms with Gasteiger partial charge in [0, 0.05) is 21.8 Å². The largest absolute Gasteiger partial charge is 0.294 e. The van der Waals surface area contributed by atoms with Crippen molar-refractivity contribution in [2.24, 2.45) is 0 Å².